The largest absolute Gasteiger partial charge is 0.356 e. The third-order valence-electron chi connectivity index (χ3n) is 3.96. The van der Waals surface area contributed by atoms with Gasteiger partial charge in [0, 0.05) is 29.1 Å². The summed E-state index contributed by atoms with van der Waals surface area (Å²) in [5.74, 6) is 0.786. The molecule has 0 N–H and O–H groups in total. The van der Waals surface area contributed by atoms with Crippen molar-refractivity contribution in [3.63, 3.8) is 0 Å². The normalized spacial score (nSPS) is 13.9. The molecule has 0 atom stereocenters. The van der Waals surface area contributed by atoms with Crippen molar-refractivity contribution in [2.45, 2.75) is 13.0 Å². The highest BCUT2D eigenvalue weighted by atomic mass is 35.5. The zero-order valence-corrected chi connectivity index (χ0v) is 13.7. The van der Waals surface area contributed by atoms with Gasteiger partial charge in [-0.2, -0.15) is 0 Å². The van der Waals surface area contributed by atoms with E-state index >= 15 is 0 Å². The molecule has 0 unspecified atom stereocenters. The van der Waals surface area contributed by atoms with E-state index in [0.717, 1.165) is 27.5 Å². The average molecular weight is 345 g/mol. The Morgan fingerprint density at radius 1 is 1.26 bits per heavy atom. The number of hydrogen-bond donors (Lipinski definition) is 0. The van der Waals surface area contributed by atoms with Gasteiger partial charge in [-0.1, -0.05) is 22.8 Å². The van der Waals surface area contributed by atoms with Crippen LogP contribution in [0, 0.1) is 0 Å². The van der Waals surface area contributed by atoms with Crippen molar-refractivity contribution in [2.24, 2.45) is 0 Å². The number of halogens is 1. The van der Waals surface area contributed by atoms with Crippen LogP contribution in [0.3, 0.4) is 0 Å². The molecule has 116 valence electrons. The van der Waals surface area contributed by atoms with Crippen molar-refractivity contribution in [2.75, 3.05) is 6.54 Å². The number of carbonyl (C=O) groups is 1. The number of hydrogen-bond acceptors (Lipinski definition) is 4. The van der Waals surface area contributed by atoms with Crippen LogP contribution in [-0.2, 0) is 13.0 Å². The van der Waals surface area contributed by atoms with Crippen LogP contribution in [0.15, 0.2) is 46.3 Å². The second kappa shape index (κ2) is 5.83. The molecule has 1 aliphatic rings. The van der Waals surface area contributed by atoms with Gasteiger partial charge in [0.05, 0.1) is 17.1 Å². The molecular formula is C17H13ClN2O2S. The SMILES string of the molecule is O=C(c1cccs1)N1CCc2noc(-c3ccc(Cl)cc3)c2C1. The van der Waals surface area contributed by atoms with Crippen molar-refractivity contribution in [3.8, 4) is 11.3 Å². The first-order chi connectivity index (χ1) is 11.2. The molecule has 0 bridgehead atoms. The van der Waals surface area contributed by atoms with Gasteiger partial charge in [0.1, 0.15) is 0 Å². The zero-order chi connectivity index (χ0) is 15.8. The summed E-state index contributed by atoms with van der Waals surface area (Å²) in [5.41, 5.74) is 2.85. The second-order valence-electron chi connectivity index (χ2n) is 5.40. The summed E-state index contributed by atoms with van der Waals surface area (Å²) in [7, 11) is 0. The zero-order valence-electron chi connectivity index (χ0n) is 12.2. The number of benzene rings is 1. The molecule has 0 fully saturated rings. The van der Waals surface area contributed by atoms with Gasteiger partial charge < -0.3 is 9.42 Å². The predicted molar refractivity (Wildman–Crippen MR) is 89.7 cm³/mol. The van der Waals surface area contributed by atoms with E-state index in [1.807, 2.05) is 46.7 Å². The Bertz CT molecular complexity index is 840. The van der Waals surface area contributed by atoms with E-state index in [1.165, 1.54) is 11.3 Å². The van der Waals surface area contributed by atoms with Crippen LogP contribution in [0.2, 0.25) is 5.02 Å². The lowest BCUT2D eigenvalue weighted by Crippen LogP contribution is -2.35. The molecule has 0 aliphatic carbocycles. The number of thiophene rings is 1. The fraction of sp³-hybridized carbons (Fsp3) is 0.176. The highest BCUT2D eigenvalue weighted by Crippen LogP contribution is 2.31. The van der Waals surface area contributed by atoms with Gasteiger partial charge >= 0.3 is 0 Å². The smallest absolute Gasteiger partial charge is 0.264 e. The van der Waals surface area contributed by atoms with Crippen molar-refractivity contribution < 1.29 is 9.32 Å². The number of rotatable bonds is 2. The summed E-state index contributed by atoms with van der Waals surface area (Å²) in [6.07, 6.45) is 0.712. The first kappa shape index (κ1) is 14.5. The Balaban J connectivity index is 1.65. The molecule has 3 heterocycles. The summed E-state index contributed by atoms with van der Waals surface area (Å²) in [4.78, 5) is 15.2. The van der Waals surface area contributed by atoms with Crippen LogP contribution in [0.1, 0.15) is 20.9 Å². The first-order valence-corrected chi connectivity index (χ1v) is 8.54. The van der Waals surface area contributed by atoms with Crippen LogP contribution in [0.25, 0.3) is 11.3 Å². The topological polar surface area (TPSA) is 46.3 Å². The number of fused-ring (bicyclic) bond motifs is 1. The Labute approximate surface area is 142 Å². The fourth-order valence-corrected chi connectivity index (χ4v) is 3.59. The summed E-state index contributed by atoms with van der Waals surface area (Å²) >= 11 is 7.41. The minimum atomic E-state index is 0.0638. The Morgan fingerprint density at radius 2 is 2.09 bits per heavy atom. The average Bonchev–Trinajstić information content (AvgIpc) is 3.24. The summed E-state index contributed by atoms with van der Waals surface area (Å²) < 4.78 is 5.53. The van der Waals surface area contributed by atoms with Gasteiger partial charge in [-0.3, -0.25) is 4.79 Å². The monoisotopic (exact) mass is 344 g/mol. The number of aromatic nitrogens is 1. The van der Waals surface area contributed by atoms with Crippen LogP contribution in [0.4, 0.5) is 0 Å². The standard InChI is InChI=1S/C17H13ClN2O2S/c18-12-5-3-11(4-6-12)16-13-10-20(8-7-14(13)19-22-16)17(21)15-2-1-9-23-15/h1-6,9H,7-8,10H2. The van der Waals surface area contributed by atoms with E-state index in [2.05, 4.69) is 5.16 Å². The van der Waals surface area contributed by atoms with E-state index < -0.39 is 0 Å². The lowest BCUT2D eigenvalue weighted by atomic mass is 10.0. The summed E-state index contributed by atoms with van der Waals surface area (Å²) in [5, 5.41) is 6.76. The summed E-state index contributed by atoms with van der Waals surface area (Å²) in [6, 6.07) is 11.2. The molecule has 2 aromatic heterocycles. The molecule has 4 nitrogen and oxygen atoms in total. The molecule has 1 aliphatic heterocycles. The first-order valence-electron chi connectivity index (χ1n) is 7.28. The Kier molecular flexibility index (Phi) is 3.67. The maximum atomic E-state index is 12.6. The van der Waals surface area contributed by atoms with E-state index in [4.69, 9.17) is 16.1 Å². The highest BCUT2D eigenvalue weighted by molar-refractivity contribution is 7.12. The van der Waals surface area contributed by atoms with Crippen molar-refractivity contribution in [1.82, 2.24) is 10.1 Å². The van der Waals surface area contributed by atoms with Crippen molar-refractivity contribution >= 4 is 28.8 Å². The minimum absolute atomic E-state index is 0.0638. The lowest BCUT2D eigenvalue weighted by Gasteiger charge is -2.25. The molecule has 23 heavy (non-hydrogen) atoms. The van der Waals surface area contributed by atoms with Crippen LogP contribution >= 0.6 is 22.9 Å². The Hall–Kier alpha value is -2.11. The Morgan fingerprint density at radius 3 is 2.83 bits per heavy atom. The maximum Gasteiger partial charge on any atom is 0.264 e. The maximum absolute atomic E-state index is 12.6. The molecule has 3 aromatic rings. The molecule has 1 amide bonds. The molecule has 0 spiro atoms. The van der Waals surface area contributed by atoms with Gasteiger partial charge in [-0.15, -0.1) is 11.3 Å². The molecule has 0 saturated heterocycles. The van der Waals surface area contributed by atoms with Crippen molar-refractivity contribution in [3.05, 3.63) is 62.9 Å². The second-order valence-corrected chi connectivity index (χ2v) is 6.78. The van der Waals surface area contributed by atoms with E-state index in [1.54, 1.807) is 0 Å². The minimum Gasteiger partial charge on any atom is -0.356 e. The molecule has 1 aromatic carbocycles. The van der Waals surface area contributed by atoms with Crippen LogP contribution in [0.5, 0.6) is 0 Å². The number of nitrogens with zero attached hydrogens (tertiary/aromatic N) is 2. The van der Waals surface area contributed by atoms with Gasteiger partial charge in [0.2, 0.25) is 0 Å². The van der Waals surface area contributed by atoms with E-state index in [-0.39, 0.29) is 5.91 Å². The third-order valence-corrected chi connectivity index (χ3v) is 5.07. The van der Waals surface area contributed by atoms with Crippen molar-refractivity contribution in [1.29, 1.82) is 0 Å². The number of carbonyl (C=O) groups excluding carboxylic acids is 1. The molecule has 0 saturated carbocycles. The fourth-order valence-electron chi connectivity index (χ4n) is 2.77. The van der Waals surface area contributed by atoms with Gasteiger partial charge in [-0.25, -0.2) is 0 Å². The van der Waals surface area contributed by atoms with Gasteiger partial charge in [-0.05, 0) is 35.7 Å². The van der Waals surface area contributed by atoms with Gasteiger partial charge in [0.15, 0.2) is 5.76 Å². The molecule has 6 heteroatoms. The third kappa shape index (κ3) is 2.66. The number of amides is 1. The van der Waals surface area contributed by atoms with Gasteiger partial charge in [0.25, 0.3) is 5.91 Å². The summed E-state index contributed by atoms with van der Waals surface area (Å²) in [6.45, 7) is 1.18. The van der Waals surface area contributed by atoms with Crippen LogP contribution in [-0.4, -0.2) is 22.5 Å². The quantitative estimate of drug-likeness (QED) is 0.698. The molecular weight excluding hydrogens is 332 g/mol. The molecule has 0 radical (unpaired) electrons. The predicted octanol–water partition coefficient (Wildman–Crippen LogP) is 4.26. The van der Waals surface area contributed by atoms with E-state index in [0.29, 0.717) is 24.5 Å². The lowest BCUT2D eigenvalue weighted by molar-refractivity contribution is 0.0739. The highest BCUT2D eigenvalue weighted by Gasteiger charge is 2.28. The molecule has 4 rings (SSSR count). The van der Waals surface area contributed by atoms with Crippen LogP contribution < -0.4 is 0 Å². The van der Waals surface area contributed by atoms with E-state index in [9.17, 15) is 4.79 Å².